The molecule has 1 aromatic carbocycles. The van der Waals surface area contributed by atoms with Crippen molar-refractivity contribution in [1.29, 1.82) is 0 Å². The Morgan fingerprint density at radius 1 is 1.24 bits per heavy atom. The zero-order valence-corrected chi connectivity index (χ0v) is 15.8. The molecule has 0 aromatic heterocycles. The predicted octanol–water partition coefficient (Wildman–Crippen LogP) is 1.52. The van der Waals surface area contributed by atoms with Crippen LogP contribution in [0.3, 0.4) is 0 Å². The van der Waals surface area contributed by atoms with Gasteiger partial charge in [0.1, 0.15) is 11.8 Å². The van der Waals surface area contributed by atoms with E-state index >= 15 is 0 Å². The van der Waals surface area contributed by atoms with Gasteiger partial charge in [0.25, 0.3) is 0 Å². The van der Waals surface area contributed by atoms with Gasteiger partial charge in [-0.1, -0.05) is 20.3 Å². The first kappa shape index (κ1) is 20.9. The molecule has 0 aliphatic heterocycles. The summed E-state index contributed by atoms with van der Waals surface area (Å²) >= 11 is 0. The summed E-state index contributed by atoms with van der Waals surface area (Å²) in [5, 5.41) is 2.51. The van der Waals surface area contributed by atoms with E-state index in [1.165, 1.54) is 39.3 Å². The first-order valence-corrected chi connectivity index (χ1v) is 9.20. The van der Waals surface area contributed by atoms with Crippen LogP contribution in [0.4, 0.5) is 5.69 Å². The Hall–Kier alpha value is -2.13. The predicted molar refractivity (Wildman–Crippen MR) is 92.9 cm³/mol. The van der Waals surface area contributed by atoms with Gasteiger partial charge in [0.05, 0.1) is 24.8 Å². The van der Waals surface area contributed by atoms with E-state index in [-0.39, 0.29) is 22.4 Å². The van der Waals surface area contributed by atoms with E-state index in [0.29, 0.717) is 12.2 Å². The molecule has 1 aromatic rings. The average molecular weight is 372 g/mol. The molecule has 0 spiro atoms. The van der Waals surface area contributed by atoms with Crippen molar-refractivity contribution < 1.29 is 27.5 Å². The van der Waals surface area contributed by atoms with Crippen LogP contribution >= 0.6 is 0 Å². The van der Waals surface area contributed by atoms with Crippen LogP contribution in [0.2, 0.25) is 0 Å². The highest BCUT2D eigenvalue weighted by atomic mass is 32.2. The molecule has 0 aliphatic rings. The van der Waals surface area contributed by atoms with E-state index in [0.717, 1.165) is 0 Å². The molecule has 0 heterocycles. The van der Waals surface area contributed by atoms with E-state index in [4.69, 9.17) is 4.74 Å². The monoisotopic (exact) mass is 372 g/mol. The normalized spacial score (nSPS) is 13.6. The number of hydrogen-bond donors (Lipinski definition) is 2. The smallest absolute Gasteiger partial charge is 0.324 e. The number of carbonyl (C=O) groups is 2. The second kappa shape index (κ2) is 8.82. The summed E-state index contributed by atoms with van der Waals surface area (Å²) in [5.41, 5.74) is 0.219. The molecule has 1 rings (SSSR count). The summed E-state index contributed by atoms with van der Waals surface area (Å²) in [5.74, 6) is -0.961. The first-order chi connectivity index (χ1) is 11.7. The molecule has 0 radical (unpaired) electrons. The maximum Gasteiger partial charge on any atom is 0.324 e. The van der Waals surface area contributed by atoms with Crippen LogP contribution < -0.4 is 14.8 Å². The Kier molecular flexibility index (Phi) is 7.38. The number of carbonyl (C=O) groups excluding carboxylic acids is 2. The lowest BCUT2D eigenvalue weighted by Crippen LogP contribution is -2.45. The molecule has 9 heteroatoms. The summed E-state index contributed by atoms with van der Waals surface area (Å²) in [7, 11) is -1.40. The molecule has 0 unspecified atom stereocenters. The third kappa shape index (κ3) is 5.43. The summed E-state index contributed by atoms with van der Waals surface area (Å²) in [6.07, 6.45) is 0.585. The Balaban J connectivity index is 3.23. The Morgan fingerprint density at radius 3 is 2.36 bits per heavy atom. The van der Waals surface area contributed by atoms with Crippen molar-refractivity contribution in [2.24, 2.45) is 5.92 Å². The number of ether oxygens (including phenoxy) is 2. The van der Waals surface area contributed by atoms with E-state index in [2.05, 4.69) is 14.8 Å². The third-order valence-corrected chi connectivity index (χ3v) is 5.18. The van der Waals surface area contributed by atoms with Crippen molar-refractivity contribution in [3.8, 4) is 5.75 Å². The average Bonchev–Trinajstić information content (AvgIpc) is 2.57. The summed E-state index contributed by atoms with van der Waals surface area (Å²) in [6, 6.07) is 3.02. The van der Waals surface area contributed by atoms with Crippen molar-refractivity contribution in [3.05, 3.63) is 18.2 Å². The highest BCUT2D eigenvalue weighted by molar-refractivity contribution is 7.89. The number of anilines is 1. The van der Waals surface area contributed by atoms with Crippen LogP contribution in [0.5, 0.6) is 5.75 Å². The van der Waals surface area contributed by atoms with Crippen LogP contribution in [0, 0.1) is 5.92 Å². The molecule has 1 amide bonds. The zero-order valence-electron chi connectivity index (χ0n) is 15.0. The van der Waals surface area contributed by atoms with Gasteiger partial charge in [0.15, 0.2) is 0 Å². The molecule has 0 saturated heterocycles. The molecule has 25 heavy (non-hydrogen) atoms. The van der Waals surface area contributed by atoms with Gasteiger partial charge in [-0.3, -0.25) is 9.59 Å². The Labute approximate surface area is 147 Å². The number of rotatable bonds is 8. The molecule has 140 valence electrons. The lowest BCUT2D eigenvalue weighted by Gasteiger charge is -2.22. The number of sulfonamides is 1. The van der Waals surface area contributed by atoms with Gasteiger partial charge in [-0.25, -0.2) is 8.42 Å². The fourth-order valence-corrected chi connectivity index (χ4v) is 3.46. The van der Waals surface area contributed by atoms with Crippen molar-refractivity contribution in [3.63, 3.8) is 0 Å². The number of amides is 1. The van der Waals surface area contributed by atoms with E-state index in [1.54, 1.807) is 6.92 Å². The number of esters is 1. The summed E-state index contributed by atoms with van der Waals surface area (Å²) in [4.78, 5) is 23.1. The number of methoxy groups -OCH3 is 2. The Bertz CT molecular complexity index is 732. The molecule has 2 N–H and O–H groups in total. The molecule has 0 fully saturated rings. The minimum Gasteiger partial charge on any atom is -0.495 e. The van der Waals surface area contributed by atoms with Crippen molar-refractivity contribution in [2.75, 3.05) is 19.5 Å². The molecular formula is C16H24N2O6S. The summed E-state index contributed by atoms with van der Waals surface area (Å²) < 4.78 is 37.5. The molecule has 0 bridgehead atoms. The molecule has 0 aliphatic carbocycles. The van der Waals surface area contributed by atoms with E-state index in [1.807, 2.05) is 6.92 Å². The minimum absolute atomic E-state index is 0.103. The van der Waals surface area contributed by atoms with Crippen LogP contribution in [-0.2, 0) is 24.3 Å². The van der Waals surface area contributed by atoms with Gasteiger partial charge in [0, 0.05) is 6.92 Å². The van der Waals surface area contributed by atoms with E-state index < -0.39 is 22.0 Å². The molecular weight excluding hydrogens is 348 g/mol. The lowest BCUT2D eigenvalue weighted by molar-refractivity contribution is -0.143. The van der Waals surface area contributed by atoms with Crippen molar-refractivity contribution in [2.45, 2.75) is 38.1 Å². The standard InChI is InChI=1S/C16H24N2O6S/c1-6-10(2)15(16(20)24-5)18-25(21,22)12-7-8-14(23-4)13(9-12)17-11(3)19/h7-10,15,18H,6H2,1-5H3,(H,17,19)/t10-,15-/m1/s1. The summed E-state index contributed by atoms with van der Waals surface area (Å²) in [6.45, 7) is 4.90. The fraction of sp³-hybridized carbons (Fsp3) is 0.500. The minimum atomic E-state index is -4.01. The molecule has 8 nitrogen and oxygen atoms in total. The maximum absolute atomic E-state index is 12.6. The zero-order chi connectivity index (χ0) is 19.2. The fourth-order valence-electron chi connectivity index (χ4n) is 2.14. The molecule has 2 atom stereocenters. The van der Waals surface area contributed by atoms with Crippen molar-refractivity contribution >= 4 is 27.6 Å². The van der Waals surface area contributed by atoms with E-state index in [9.17, 15) is 18.0 Å². The van der Waals surface area contributed by atoms with Gasteiger partial charge in [-0.05, 0) is 24.1 Å². The third-order valence-electron chi connectivity index (χ3n) is 3.74. The second-order valence-corrected chi connectivity index (χ2v) is 7.26. The van der Waals surface area contributed by atoms with Crippen LogP contribution in [0.25, 0.3) is 0 Å². The first-order valence-electron chi connectivity index (χ1n) is 7.72. The lowest BCUT2D eigenvalue weighted by atomic mass is 10.0. The topological polar surface area (TPSA) is 111 Å². The quantitative estimate of drug-likeness (QED) is 0.669. The highest BCUT2D eigenvalue weighted by Crippen LogP contribution is 2.28. The van der Waals surface area contributed by atoms with Crippen LogP contribution in [0.15, 0.2) is 23.1 Å². The van der Waals surface area contributed by atoms with Gasteiger partial charge in [0.2, 0.25) is 15.9 Å². The highest BCUT2D eigenvalue weighted by Gasteiger charge is 2.30. The van der Waals surface area contributed by atoms with Gasteiger partial charge < -0.3 is 14.8 Å². The van der Waals surface area contributed by atoms with Gasteiger partial charge in [-0.2, -0.15) is 4.72 Å². The van der Waals surface area contributed by atoms with Crippen LogP contribution in [0.1, 0.15) is 27.2 Å². The number of nitrogens with one attached hydrogen (secondary N) is 2. The van der Waals surface area contributed by atoms with Gasteiger partial charge >= 0.3 is 5.97 Å². The largest absolute Gasteiger partial charge is 0.495 e. The van der Waals surface area contributed by atoms with Gasteiger partial charge in [-0.15, -0.1) is 0 Å². The second-order valence-electron chi connectivity index (χ2n) is 5.55. The SMILES string of the molecule is CC[C@@H](C)[C@@H](NS(=O)(=O)c1ccc(OC)c(NC(C)=O)c1)C(=O)OC. The molecule has 0 saturated carbocycles. The maximum atomic E-state index is 12.6. The number of hydrogen-bond acceptors (Lipinski definition) is 6. The van der Waals surface area contributed by atoms with Crippen LogP contribution in [-0.4, -0.2) is 40.6 Å². The Morgan fingerprint density at radius 2 is 1.88 bits per heavy atom. The van der Waals surface area contributed by atoms with Crippen molar-refractivity contribution in [1.82, 2.24) is 4.72 Å². The number of benzene rings is 1.